The van der Waals surface area contributed by atoms with Gasteiger partial charge in [0.25, 0.3) is 10.0 Å². The maximum Gasteiger partial charge on any atom is 0.316 e. The topological polar surface area (TPSA) is 84.7 Å². The smallest absolute Gasteiger partial charge is 0.316 e. The molecule has 1 saturated carbocycles. The number of anilines is 1. The van der Waals surface area contributed by atoms with Crippen LogP contribution in [0.3, 0.4) is 0 Å². The summed E-state index contributed by atoms with van der Waals surface area (Å²) in [7, 11) is -3.49. The zero-order valence-corrected chi connectivity index (χ0v) is 19.8. The molecule has 33 heavy (non-hydrogen) atoms. The third kappa shape index (κ3) is 4.68. The van der Waals surface area contributed by atoms with Crippen LogP contribution >= 0.6 is 11.3 Å². The highest BCUT2D eigenvalue weighted by atomic mass is 32.2. The van der Waals surface area contributed by atoms with Gasteiger partial charge in [0.15, 0.2) is 0 Å². The predicted molar refractivity (Wildman–Crippen MR) is 128 cm³/mol. The molecule has 2 aromatic heterocycles. The molecule has 1 saturated heterocycles. The summed E-state index contributed by atoms with van der Waals surface area (Å²) in [6.07, 6.45) is 5.03. The Bertz CT molecular complexity index is 1250. The minimum Gasteiger partial charge on any atom is -0.486 e. The Balaban J connectivity index is 1.39. The normalized spacial score (nSPS) is 17.3. The van der Waals surface area contributed by atoms with Crippen molar-refractivity contribution >= 4 is 27.0 Å². The number of rotatable bonds is 8. The van der Waals surface area contributed by atoms with Gasteiger partial charge in [0.05, 0.1) is 18.5 Å². The first-order chi connectivity index (χ1) is 16.0. The molecular weight excluding hydrogens is 460 g/mol. The summed E-state index contributed by atoms with van der Waals surface area (Å²) in [6, 6.07) is 12.6. The molecule has 0 N–H and O–H groups in total. The Morgan fingerprint density at radius 3 is 2.45 bits per heavy atom. The van der Waals surface area contributed by atoms with Gasteiger partial charge in [-0.1, -0.05) is 37.1 Å². The molecule has 1 aliphatic carbocycles. The monoisotopic (exact) mass is 486 g/mol. The van der Waals surface area contributed by atoms with E-state index in [-0.39, 0.29) is 11.3 Å². The zero-order valence-electron chi connectivity index (χ0n) is 18.2. The average Bonchev–Trinajstić information content (AvgIpc) is 3.49. The van der Waals surface area contributed by atoms with Gasteiger partial charge in [-0.25, -0.2) is 8.42 Å². The minimum atomic E-state index is -3.49. The number of piperazine rings is 1. The second kappa shape index (κ2) is 9.28. The molecule has 3 aromatic rings. The fourth-order valence-corrected chi connectivity index (χ4v) is 6.55. The van der Waals surface area contributed by atoms with Crippen LogP contribution in [-0.2, 0) is 10.0 Å². The summed E-state index contributed by atoms with van der Waals surface area (Å²) < 4.78 is 35.0. The van der Waals surface area contributed by atoms with Gasteiger partial charge < -0.3 is 9.64 Å². The van der Waals surface area contributed by atoms with Crippen molar-refractivity contribution < 1.29 is 13.2 Å². The Kier molecular flexibility index (Phi) is 6.22. The molecule has 1 aromatic carbocycles. The van der Waals surface area contributed by atoms with Crippen LogP contribution in [0.4, 0.5) is 5.69 Å². The summed E-state index contributed by atoms with van der Waals surface area (Å²) in [6.45, 7) is 2.07. The summed E-state index contributed by atoms with van der Waals surface area (Å²) in [5.41, 5.74) is 0.993. The van der Waals surface area contributed by atoms with Crippen LogP contribution in [0.2, 0.25) is 0 Å². The van der Waals surface area contributed by atoms with Crippen LogP contribution in [0.15, 0.2) is 63.0 Å². The molecule has 5 rings (SSSR count). The third-order valence-electron chi connectivity index (χ3n) is 6.05. The van der Waals surface area contributed by atoms with E-state index in [1.54, 1.807) is 23.7 Å². The number of aromatic nitrogens is 2. The van der Waals surface area contributed by atoms with Crippen molar-refractivity contribution in [1.82, 2.24) is 14.1 Å². The summed E-state index contributed by atoms with van der Waals surface area (Å²) in [5.74, 6) is 0.974. The predicted octanol–water partition coefficient (Wildman–Crippen LogP) is 2.98. The summed E-state index contributed by atoms with van der Waals surface area (Å²) in [5, 5.41) is 6.17. The highest BCUT2D eigenvalue weighted by molar-refractivity contribution is 7.91. The number of hydrogen-bond donors (Lipinski definition) is 0. The molecule has 8 nitrogen and oxygen atoms in total. The van der Waals surface area contributed by atoms with Crippen LogP contribution < -0.4 is 15.2 Å². The Labute approximate surface area is 197 Å². The van der Waals surface area contributed by atoms with Crippen molar-refractivity contribution in [2.75, 3.05) is 37.7 Å². The highest BCUT2D eigenvalue weighted by Gasteiger charge is 2.31. The van der Waals surface area contributed by atoms with Crippen LogP contribution in [-0.4, -0.2) is 55.3 Å². The number of ether oxygens (including phenoxy) is 1. The van der Waals surface area contributed by atoms with Gasteiger partial charge in [-0.2, -0.15) is 14.1 Å². The number of thiophene rings is 1. The highest BCUT2D eigenvalue weighted by Crippen LogP contribution is 2.33. The van der Waals surface area contributed by atoms with Gasteiger partial charge in [-0.3, -0.25) is 4.79 Å². The molecule has 0 spiro atoms. The summed E-state index contributed by atoms with van der Waals surface area (Å²) in [4.78, 5) is 15.3. The van der Waals surface area contributed by atoms with Crippen LogP contribution in [0.1, 0.15) is 19.3 Å². The molecule has 3 heterocycles. The second-order valence-corrected chi connectivity index (χ2v) is 11.4. The minimum absolute atomic E-state index is 0.282. The second-order valence-electron chi connectivity index (χ2n) is 8.32. The van der Waals surface area contributed by atoms with Crippen molar-refractivity contribution in [3.63, 3.8) is 0 Å². The number of benzene rings is 1. The van der Waals surface area contributed by atoms with E-state index in [2.05, 4.69) is 5.10 Å². The fourth-order valence-electron chi connectivity index (χ4n) is 3.98. The van der Waals surface area contributed by atoms with Gasteiger partial charge >= 0.3 is 5.56 Å². The lowest BCUT2D eigenvalue weighted by Crippen LogP contribution is -2.49. The largest absolute Gasteiger partial charge is 0.486 e. The van der Waals surface area contributed by atoms with E-state index in [4.69, 9.17) is 4.74 Å². The lowest BCUT2D eigenvalue weighted by Gasteiger charge is -2.35. The van der Waals surface area contributed by atoms with E-state index in [0.29, 0.717) is 54.3 Å². The van der Waals surface area contributed by atoms with E-state index >= 15 is 0 Å². The number of hydrogen-bond acceptors (Lipinski definition) is 7. The molecule has 0 amide bonds. The van der Waals surface area contributed by atoms with E-state index in [1.165, 1.54) is 33.2 Å². The van der Waals surface area contributed by atoms with Crippen molar-refractivity contribution in [2.24, 2.45) is 5.92 Å². The number of para-hydroxylation sites is 1. The van der Waals surface area contributed by atoms with Gasteiger partial charge in [-0.15, -0.1) is 11.3 Å². The molecule has 0 radical (unpaired) electrons. The Morgan fingerprint density at radius 2 is 1.79 bits per heavy atom. The van der Waals surface area contributed by atoms with E-state index < -0.39 is 10.0 Å². The first kappa shape index (κ1) is 22.1. The molecule has 2 fully saturated rings. The molecule has 0 atom stereocenters. The van der Waals surface area contributed by atoms with Crippen LogP contribution in [0, 0.1) is 5.92 Å². The molecule has 174 valence electrons. The van der Waals surface area contributed by atoms with Gasteiger partial charge in [0, 0.05) is 26.2 Å². The maximum absolute atomic E-state index is 13.3. The van der Waals surface area contributed by atoms with E-state index in [0.717, 1.165) is 6.42 Å². The molecule has 0 unspecified atom stereocenters. The molecule has 0 bridgehead atoms. The quantitative estimate of drug-likeness (QED) is 0.487. The fraction of sp³-hybridized carbons (Fsp3) is 0.391. The van der Waals surface area contributed by atoms with Crippen LogP contribution in [0.25, 0.3) is 5.69 Å². The van der Waals surface area contributed by atoms with Gasteiger partial charge in [-0.05, 0) is 35.9 Å². The SMILES string of the molecule is O=c1c(OCCC2CC2)c(N2CCN(S(=O)(=O)c3cccs3)CC2)cnn1-c1ccccc1. The molecule has 2 aliphatic rings. The number of nitrogens with zero attached hydrogens (tertiary/aromatic N) is 4. The first-order valence-corrected chi connectivity index (χ1v) is 13.4. The number of sulfonamides is 1. The van der Waals surface area contributed by atoms with Crippen molar-refractivity contribution in [1.29, 1.82) is 0 Å². The maximum atomic E-state index is 13.3. The molecular formula is C23H26N4O4S2. The average molecular weight is 487 g/mol. The Hall–Kier alpha value is -2.69. The molecule has 1 aliphatic heterocycles. The van der Waals surface area contributed by atoms with Crippen molar-refractivity contribution in [3.8, 4) is 11.4 Å². The van der Waals surface area contributed by atoms with E-state index in [1.807, 2.05) is 35.2 Å². The van der Waals surface area contributed by atoms with Crippen molar-refractivity contribution in [3.05, 3.63) is 64.4 Å². The zero-order chi connectivity index (χ0) is 22.8. The lowest BCUT2D eigenvalue weighted by atomic mass is 10.3. The van der Waals surface area contributed by atoms with Crippen LogP contribution in [0.5, 0.6) is 5.75 Å². The van der Waals surface area contributed by atoms with Gasteiger partial charge in [0.2, 0.25) is 5.75 Å². The standard InChI is InChI=1S/C23H26N4O4S2/c28-23-22(31-15-10-18-8-9-18)20(17-24-27(23)19-5-2-1-3-6-19)25-11-13-26(14-12-25)33(29,30)21-7-4-16-32-21/h1-7,16-18H,8-15H2. The van der Waals surface area contributed by atoms with E-state index in [9.17, 15) is 13.2 Å². The summed E-state index contributed by atoms with van der Waals surface area (Å²) >= 11 is 1.22. The lowest BCUT2D eigenvalue weighted by molar-refractivity contribution is 0.295. The molecule has 10 heteroatoms. The van der Waals surface area contributed by atoms with Gasteiger partial charge in [0.1, 0.15) is 9.90 Å². The van der Waals surface area contributed by atoms with Crippen molar-refractivity contribution in [2.45, 2.75) is 23.5 Å². The third-order valence-corrected chi connectivity index (χ3v) is 9.33. The Morgan fingerprint density at radius 1 is 1.03 bits per heavy atom. The first-order valence-electron chi connectivity index (χ1n) is 11.1.